The molecule has 0 saturated heterocycles. The SMILES string of the molecule is Cc1cc(C)c2c(c1)C(C)(C)[C@]1(C=Nc3c(ccc4ccccc34)O1)N2C. The molecule has 3 heteroatoms. The van der Waals surface area contributed by atoms with Gasteiger partial charge < -0.3 is 9.64 Å². The van der Waals surface area contributed by atoms with Crippen molar-refractivity contribution in [1.82, 2.24) is 0 Å². The molecule has 3 aromatic carbocycles. The minimum absolute atomic E-state index is 0.235. The van der Waals surface area contributed by atoms with Gasteiger partial charge in [0, 0.05) is 18.1 Å². The van der Waals surface area contributed by atoms with Gasteiger partial charge in [-0.15, -0.1) is 0 Å². The molecule has 2 aliphatic rings. The first kappa shape index (κ1) is 16.4. The second-order valence-corrected chi connectivity index (χ2v) is 8.35. The van der Waals surface area contributed by atoms with Gasteiger partial charge in [-0.2, -0.15) is 0 Å². The molecule has 0 N–H and O–H groups in total. The summed E-state index contributed by atoms with van der Waals surface area (Å²) >= 11 is 0. The number of fused-ring (bicyclic) bond motifs is 4. The first-order chi connectivity index (χ1) is 12.8. The monoisotopic (exact) mass is 356 g/mol. The third kappa shape index (κ3) is 1.94. The predicted octanol–water partition coefficient (Wildman–Crippen LogP) is 5.68. The summed E-state index contributed by atoms with van der Waals surface area (Å²) < 4.78 is 6.77. The fourth-order valence-corrected chi connectivity index (χ4v) is 4.90. The minimum Gasteiger partial charge on any atom is -0.459 e. The van der Waals surface area contributed by atoms with Crippen molar-refractivity contribution in [2.75, 3.05) is 11.9 Å². The highest BCUT2D eigenvalue weighted by molar-refractivity contribution is 5.99. The summed E-state index contributed by atoms with van der Waals surface area (Å²) in [5, 5.41) is 2.31. The molecule has 0 fully saturated rings. The van der Waals surface area contributed by atoms with Crippen molar-refractivity contribution in [1.29, 1.82) is 0 Å². The molecule has 2 heterocycles. The summed E-state index contributed by atoms with van der Waals surface area (Å²) in [6, 6.07) is 17.0. The van der Waals surface area contributed by atoms with E-state index < -0.39 is 5.72 Å². The Balaban J connectivity index is 1.73. The lowest BCUT2D eigenvalue weighted by Crippen LogP contribution is -2.61. The molecule has 3 aromatic rings. The Labute approximate surface area is 160 Å². The molecule has 0 amide bonds. The zero-order chi connectivity index (χ0) is 19.0. The van der Waals surface area contributed by atoms with E-state index in [0.29, 0.717) is 0 Å². The lowest BCUT2D eigenvalue weighted by molar-refractivity contribution is 0.0826. The van der Waals surface area contributed by atoms with Crippen molar-refractivity contribution in [3.63, 3.8) is 0 Å². The average molecular weight is 356 g/mol. The molecule has 0 aliphatic carbocycles. The Bertz CT molecular complexity index is 1130. The first-order valence-corrected chi connectivity index (χ1v) is 9.47. The largest absolute Gasteiger partial charge is 0.459 e. The molecule has 27 heavy (non-hydrogen) atoms. The van der Waals surface area contributed by atoms with Crippen LogP contribution in [0.3, 0.4) is 0 Å². The maximum Gasteiger partial charge on any atom is 0.228 e. The normalized spacial score (nSPS) is 22.0. The van der Waals surface area contributed by atoms with Gasteiger partial charge in [-0.3, -0.25) is 4.99 Å². The maximum atomic E-state index is 6.77. The predicted molar refractivity (Wildman–Crippen MR) is 113 cm³/mol. The van der Waals surface area contributed by atoms with Gasteiger partial charge in [-0.25, -0.2) is 0 Å². The maximum absolute atomic E-state index is 6.77. The zero-order valence-electron chi connectivity index (χ0n) is 16.5. The van der Waals surface area contributed by atoms with Crippen LogP contribution in [0, 0.1) is 13.8 Å². The number of anilines is 1. The van der Waals surface area contributed by atoms with Crippen LogP contribution in [-0.4, -0.2) is 19.0 Å². The molecule has 2 aliphatic heterocycles. The zero-order valence-corrected chi connectivity index (χ0v) is 16.5. The summed E-state index contributed by atoms with van der Waals surface area (Å²) in [4.78, 5) is 7.21. The Morgan fingerprint density at radius 3 is 2.59 bits per heavy atom. The van der Waals surface area contributed by atoms with Gasteiger partial charge in [0.05, 0.1) is 11.6 Å². The number of nitrogens with zero attached hydrogens (tertiary/aromatic N) is 2. The number of aliphatic imine (C=N–C) groups is 1. The summed E-state index contributed by atoms with van der Waals surface area (Å²) in [7, 11) is 2.12. The fourth-order valence-electron chi connectivity index (χ4n) is 4.90. The molecule has 0 bridgehead atoms. The van der Waals surface area contributed by atoms with Crippen LogP contribution in [0.15, 0.2) is 53.5 Å². The second-order valence-electron chi connectivity index (χ2n) is 8.35. The molecular weight excluding hydrogens is 332 g/mol. The number of hydrogen-bond acceptors (Lipinski definition) is 3. The summed E-state index contributed by atoms with van der Waals surface area (Å²) in [5.41, 5.74) is 5.18. The van der Waals surface area contributed by atoms with Gasteiger partial charge in [0.15, 0.2) is 0 Å². The topological polar surface area (TPSA) is 24.8 Å². The number of rotatable bonds is 0. The second kappa shape index (κ2) is 5.13. The lowest BCUT2D eigenvalue weighted by Gasteiger charge is -2.45. The van der Waals surface area contributed by atoms with Crippen molar-refractivity contribution in [2.24, 2.45) is 4.99 Å². The van der Waals surface area contributed by atoms with E-state index >= 15 is 0 Å². The van der Waals surface area contributed by atoms with Gasteiger partial charge in [-0.1, -0.05) is 48.0 Å². The molecule has 136 valence electrons. The third-order valence-corrected chi connectivity index (χ3v) is 6.35. The van der Waals surface area contributed by atoms with Crippen molar-refractivity contribution >= 4 is 28.4 Å². The third-order valence-electron chi connectivity index (χ3n) is 6.35. The van der Waals surface area contributed by atoms with Crippen molar-refractivity contribution in [2.45, 2.75) is 38.8 Å². The van der Waals surface area contributed by atoms with E-state index in [-0.39, 0.29) is 5.41 Å². The van der Waals surface area contributed by atoms with Gasteiger partial charge in [0.2, 0.25) is 5.72 Å². The molecule has 3 nitrogen and oxygen atoms in total. The summed E-state index contributed by atoms with van der Waals surface area (Å²) in [5.74, 6) is 0.846. The molecule has 1 atom stereocenters. The van der Waals surface area contributed by atoms with E-state index in [9.17, 15) is 0 Å². The Kier molecular flexibility index (Phi) is 3.11. The van der Waals surface area contributed by atoms with Crippen LogP contribution in [0.2, 0.25) is 0 Å². The van der Waals surface area contributed by atoms with E-state index in [1.165, 1.54) is 27.8 Å². The van der Waals surface area contributed by atoms with E-state index in [1.54, 1.807) is 0 Å². The van der Waals surface area contributed by atoms with Crippen LogP contribution in [-0.2, 0) is 5.41 Å². The van der Waals surface area contributed by atoms with E-state index in [1.807, 2.05) is 6.21 Å². The fraction of sp³-hybridized carbons (Fsp3) is 0.292. The molecule has 0 aromatic heterocycles. The number of ether oxygens (including phenoxy) is 1. The Morgan fingerprint density at radius 1 is 1.00 bits per heavy atom. The van der Waals surface area contributed by atoms with E-state index in [0.717, 1.165) is 16.8 Å². The van der Waals surface area contributed by atoms with Gasteiger partial charge >= 0.3 is 0 Å². The summed E-state index contributed by atoms with van der Waals surface area (Å²) in [6.45, 7) is 8.85. The average Bonchev–Trinajstić information content (AvgIpc) is 2.80. The quantitative estimate of drug-likeness (QED) is 0.518. The highest BCUT2D eigenvalue weighted by Gasteiger charge is 2.59. The van der Waals surface area contributed by atoms with Gasteiger partial charge in [0.1, 0.15) is 11.4 Å². The van der Waals surface area contributed by atoms with E-state index in [2.05, 4.69) is 88.2 Å². The van der Waals surface area contributed by atoms with Crippen LogP contribution < -0.4 is 9.64 Å². The first-order valence-electron chi connectivity index (χ1n) is 9.47. The summed E-state index contributed by atoms with van der Waals surface area (Å²) in [6.07, 6.45) is 2.01. The highest BCUT2D eigenvalue weighted by Crippen LogP contribution is 2.55. The number of benzene rings is 3. The molecule has 0 unspecified atom stereocenters. The minimum atomic E-state index is -0.636. The number of aryl methyl sites for hydroxylation is 2. The molecular formula is C24H24N2O. The van der Waals surface area contributed by atoms with Crippen LogP contribution in [0.25, 0.3) is 10.8 Å². The van der Waals surface area contributed by atoms with E-state index in [4.69, 9.17) is 9.73 Å². The highest BCUT2D eigenvalue weighted by atomic mass is 16.5. The smallest absolute Gasteiger partial charge is 0.228 e. The van der Waals surface area contributed by atoms with Gasteiger partial charge in [0.25, 0.3) is 0 Å². The van der Waals surface area contributed by atoms with Gasteiger partial charge in [-0.05, 0) is 50.3 Å². The Hall–Kier alpha value is -2.81. The van der Waals surface area contributed by atoms with Crippen LogP contribution in [0.4, 0.5) is 11.4 Å². The molecule has 1 spiro atoms. The standard InChI is InChI=1S/C24H24N2O/c1-15-12-16(2)22-19(13-15)23(3,4)24(26(22)5)14-25-21-18-9-7-6-8-17(18)10-11-20(21)27-24/h6-14H,1-5H3/t24-/m1/s1. The van der Waals surface area contributed by atoms with Crippen molar-refractivity contribution in [3.8, 4) is 5.75 Å². The molecule has 0 saturated carbocycles. The van der Waals surface area contributed by atoms with Crippen LogP contribution in [0.1, 0.15) is 30.5 Å². The Morgan fingerprint density at radius 2 is 1.78 bits per heavy atom. The number of hydrogen-bond donors (Lipinski definition) is 0. The molecule has 0 radical (unpaired) electrons. The van der Waals surface area contributed by atoms with Crippen molar-refractivity contribution < 1.29 is 4.74 Å². The van der Waals surface area contributed by atoms with Crippen molar-refractivity contribution in [3.05, 3.63) is 65.2 Å². The van der Waals surface area contributed by atoms with Crippen LogP contribution >= 0.6 is 0 Å². The number of likely N-dealkylation sites (N-methyl/N-ethyl adjacent to an activating group) is 1. The van der Waals surface area contributed by atoms with Crippen LogP contribution in [0.5, 0.6) is 5.75 Å². The molecule has 5 rings (SSSR count). The lowest BCUT2D eigenvalue weighted by atomic mass is 9.77.